The van der Waals surface area contributed by atoms with E-state index in [1.807, 2.05) is 36.2 Å². The molecule has 5 rings (SSSR count). The van der Waals surface area contributed by atoms with Crippen LogP contribution in [0, 0.1) is 17.8 Å². The number of aliphatic hydroxyl groups excluding tert-OH is 1. The molecule has 6 heteroatoms. The monoisotopic (exact) mass is 439 g/mol. The number of benzene rings is 1. The fourth-order valence-corrected chi connectivity index (χ4v) is 7.11. The number of hydrogen-bond acceptors (Lipinski definition) is 3. The Morgan fingerprint density at radius 2 is 1.72 bits per heavy atom. The molecule has 6 nitrogen and oxygen atoms in total. The second-order valence-electron chi connectivity index (χ2n) is 11.0. The summed E-state index contributed by atoms with van der Waals surface area (Å²) in [6.45, 7) is 2.26. The van der Waals surface area contributed by atoms with Crippen LogP contribution in [0.15, 0.2) is 24.3 Å². The van der Waals surface area contributed by atoms with Gasteiger partial charge in [0.25, 0.3) is 5.91 Å². The molecular formula is C26H37N3O3. The molecule has 174 valence electrons. The number of aliphatic hydroxyl groups is 1. The van der Waals surface area contributed by atoms with Gasteiger partial charge >= 0.3 is 6.03 Å². The second kappa shape index (κ2) is 8.69. The Hall–Kier alpha value is -2.08. The molecule has 0 aromatic heterocycles. The predicted octanol–water partition coefficient (Wildman–Crippen LogP) is 3.78. The van der Waals surface area contributed by atoms with Crippen molar-refractivity contribution in [2.75, 3.05) is 20.1 Å². The molecule has 1 aliphatic heterocycles. The number of rotatable bonds is 4. The van der Waals surface area contributed by atoms with Gasteiger partial charge in [0, 0.05) is 37.8 Å². The summed E-state index contributed by atoms with van der Waals surface area (Å²) < 4.78 is 0. The SMILES string of the molecule is CN(Cc1ccc(C(=O)NC23CC4CC(O)CC(C2)C(C4)C3)cc1)C(=O)N1CCCCC1. The van der Waals surface area contributed by atoms with Crippen molar-refractivity contribution in [1.82, 2.24) is 15.1 Å². The number of likely N-dealkylation sites (tertiary alicyclic amines) is 1. The molecule has 0 radical (unpaired) electrons. The summed E-state index contributed by atoms with van der Waals surface area (Å²) in [7, 11) is 1.85. The number of hydrogen-bond donors (Lipinski definition) is 2. The van der Waals surface area contributed by atoms with Gasteiger partial charge in [-0.3, -0.25) is 4.79 Å². The molecule has 4 fully saturated rings. The summed E-state index contributed by atoms with van der Waals surface area (Å²) in [6, 6.07) is 7.81. The Kier molecular flexibility index (Phi) is 5.91. The second-order valence-corrected chi connectivity index (χ2v) is 11.0. The molecule has 1 aromatic rings. The Morgan fingerprint density at radius 3 is 2.44 bits per heavy atom. The zero-order valence-electron chi connectivity index (χ0n) is 19.3. The van der Waals surface area contributed by atoms with Crippen molar-refractivity contribution in [2.45, 2.75) is 76.0 Å². The van der Waals surface area contributed by atoms with E-state index in [0.717, 1.165) is 63.6 Å². The van der Waals surface area contributed by atoms with Gasteiger partial charge in [-0.2, -0.15) is 0 Å². The highest BCUT2D eigenvalue weighted by molar-refractivity contribution is 5.94. The van der Waals surface area contributed by atoms with Gasteiger partial charge in [-0.1, -0.05) is 12.1 Å². The van der Waals surface area contributed by atoms with E-state index in [1.54, 1.807) is 4.90 Å². The van der Waals surface area contributed by atoms with Crippen LogP contribution in [0.5, 0.6) is 0 Å². The zero-order chi connectivity index (χ0) is 22.3. The van der Waals surface area contributed by atoms with Crippen LogP contribution in [0.3, 0.4) is 0 Å². The first-order valence-electron chi connectivity index (χ1n) is 12.5. The van der Waals surface area contributed by atoms with Crippen molar-refractivity contribution in [2.24, 2.45) is 17.8 Å². The molecule has 0 spiro atoms. The van der Waals surface area contributed by atoms with E-state index in [1.165, 1.54) is 12.8 Å². The largest absolute Gasteiger partial charge is 0.393 e. The van der Waals surface area contributed by atoms with Gasteiger partial charge in [0.1, 0.15) is 0 Å². The highest BCUT2D eigenvalue weighted by Crippen LogP contribution is 2.55. The summed E-state index contributed by atoms with van der Waals surface area (Å²) in [6.07, 6.45) is 9.33. The van der Waals surface area contributed by atoms with E-state index in [2.05, 4.69) is 5.32 Å². The first-order chi connectivity index (χ1) is 15.4. The van der Waals surface area contributed by atoms with E-state index >= 15 is 0 Å². The van der Waals surface area contributed by atoms with Crippen LogP contribution in [0.25, 0.3) is 0 Å². The lowest BCUT2D eigenvalue weighted by Crippen LogP contribution is -2.50. The van der Waals surface area contributed by atoms with Crippen LogP contribution in [0.2, 0.25) is 0 Å². The fourth-order valence-electron chi connectivity index (χ4n) is 7.11. The topological polar surface area (TPSA) is 72.9 Å². The summed E-state index contributed by atoms with van der Waals surface area (Å²) in [4.78, 5) is 29.5. The van der Waals surface area contributed by atoms with Gasteiger partial charge in [0.15, 0.2) is 0 Å². The summed E-state index contributed by atoms with van der Waals surface area (Å²) >= 11 is 0. The molecule has 3 saturated carbocycles. The maximum absolute atomic E-state index is 13.1. The van der Waals surface area contributed by atoms with Gasteiger partial charge in [0.05, 0.1) is 6.10 Å². The minimum absolute atomic E-state index is 0.00969. The van der Waals surface area contributed by atoms with Crippen molar-refractivity contribution in [3.8, 4) is 0 Å². The molecule has 32 heavy (non-hydrogen) atoms. The third-order valence-corrected chi connectivity index (χ3v) is 8.44. The number of nitrogens with zero attached hydrogens (tertiary/aromatic N) is 2. The molecule has 3 amide bonds. The smallest absolute Gasteiger partial charge is 0.320 e. The van der Waals surface area contributed by atoms with Crippen molar-refractivity contribution < 1.29 is 14.7 Å². The molecule has 3 aliphatic carbocycles. The summed E-state index contributed by atoms with van der Waals surface area (Å²) in [5, 5.41) is 13.7. The van der Waals surface area contributed by atoms with Gasteiger partial charge in [-0.05, 0) is 93.2 Å². The van der Waals surface area contributed by atoms with E-state index in [-0.39, 0.29) is 23.6 Å². The Bertz CT molecular complexity index is 846. The lowest BCUT2D eigenvalue weighted by atomic mass is 9.75. The molecule has 1 saturated heterocycles. The van der Waals surface area contributed by atoms with Crippen LogP contribution < -0.4 is 5.32 Å². The summed E-state index contributed by atoms with van der Waals surface area (Å²) in [5.41, 5.74) is 1.64. The van der Waals surface area contributed by atoms with Crippen LogP contribution in [0.4, 0.5) is 4.79 Å². The van der Waals surface area contributed by atoms with Crippen molar-refractivity contribution in [3.63, 3.8) is 0 Å². The van der Waals surface area contributed by atoms with Crippen LogP contribution >= 0.6 is 0 Å². The van der Waals surface area contributed by atoms with Crippen molar-refractivity contribution >= 4 is 11.9 Å². The number of fused-ring (bicyclic) bond motifs is 2. The molecule has 4 aliphatic rings. The van der Waals surface area contributed by atoms with Crippen LogP contribution in [0.1, 0.15) is 73.7 Å². The van der Waals surface area contributed by atoms with Gasteiger partial charge < -0.3 is 20.2 Å². The third kappa shape index (κ3) is 4.39. The number of carbonyl (C=O) groups excluding carboxylic acids is 2. The minimum atomic E-state index is -0.158. The molecule has 2 N–H and O–H groups in total. The molecule has 3 bridgehead atoms. The zero-order valence-corrected chi connectivity index (χ0v) is 19.3. The lowest BCUT2D eigenvalue weighted by Gasteiger charge is -2.39. The molecule has 1 aromatic carbocycles. The number of amides is 3. The van der Waals surface area contributed by atoms with E-state index in [0.29, 0.717) is 29.9 Å². The number of piperidine rings is 1. The Morgan fingerprint density at radius 1 is 1.03 bits per heavy atom. The minimum Gasteiger partial charge on any atom is -0.393 e. The van der Waals surface area contributed by atoms with Crippen LogP contribution in [-0.4, -0.2) is 58.6 Å². The standard InChI is InChI=1S/C26H37N3O3/c1-28(25(32)29-9-3-2-4-10-29)17-18-5-7-20(8-6-18)24(31)27-26-14-19-11-21(15-26)22(16-26)13-23(30)12-19/h5-8,19,21-23,30H,2-4,9-17H2,1H3,(H,27,31). The lowest BCUT2D eigenvalue weighted by molar-refractivity contribution is 0.0779. The highest BCUT2D eigenvalue weighted by atomic mass is 16.3. The number of nitrogens with one attached hydrogen (secondary N) is 1. The number of carbonyl (C=O) groups is 2. The average Bonchev–Trinajstić information content (AvgIpc) is 2.96. The predicted molar refractivity (Wildman–Crippen MR) is 123 cm³/mol. The first kappa shape index (κ1) is 21.7. The third-order valence-electron chi connectivity index (χ3n) is 8.44. The number of urea groups is 1. The van der Waals surface area contributed by atoms with Gasteiger partial charge in [-0.25, -0.2) is 4.79 Å². The maximum Gasteiger partial charge on any atom is 0.320 e. The van der Waals surface area contributed by atoms with E-state index in [9.17, 15) is 14.7 Å². The molecule has 5 atom stereocenters. The quantitative estimate of drug-likeness (QED) is 0.750. The molecular weight excluding hydrogens is 402 g/mol. The Labute approximate surface area is 191 Å². The van der Waals surface area contributed by atoms with Crippen LogP contribution in [-0.2, 0) is 6.54 Å². The van der Waals surface area contributed by atoms with Crippen molar-refractivity contribution in [3.05, 3.63) is 35.4 Å². The van der Waals surface area contributed by atoms with E-state index < -0.39 is 0 Å². The van der Waals surface area contributed by atoms with Gasteiger partial charge in [-0.15, -0.1) is 0 Å². The Balaban J connectivity index is 1.19. The first-order valence-corrected chi connectivity index (χ1v) is 12.5. The highest BCUT2D eigenvalue weighted by Gasteiger charge is 2.53. The van der Waals surface area contributed by atoms with E-state index in [4.69, 9.17) is 0 Å². The van der Waals surface area contributed by atoms with Crippen molar-refractivity contribution in [1.29, 1.82) is 0 Å². The normalized spacial score (nSPS) is 33.6. The maximum atomic E-state index is 13.1. The van der Waals surface area contributed by atoms with Gasteiger partial charge in [0.2, 0.25) is 0 Å². The molecule has 1 heterocycles. The fraction of sp³-hybridized carbons (Fsp3) is 0.692. The molecule has 5 unspecified atom stereocenters. The average molecular weight is 440 g/mol. The summed E-state index contributed by atoms with van der Waals surface area (Å²) in [5.74, 6) is 1.75.